The molecule has 5 nitrogen and oxygen atoms in total. The lowest BCUT2D eigenvalue weighted by molar-refractivity contribution is -0.137. The number of hydrogen-bond acceptors (Lipinski definition) is 3. The third kappa shape index (κ3) is 4.67. The molecule has 5 heteroatoms. The highest BCUT2D eigenvalue weighted by atomic mass is 16.2. The highest BCUT2D eigenvalue weighted by Crippen LogP contribution is 2.32. The van der Waals surface area contributed by atoms with E-state index >= 15 is 0 Å². The molecule has 2 amide bonds. The summed E-state index contributed by atoms with van der Waals surface area (Å²) >= 11 is 0. The summed E-state index contributed by atoms with van der Waals surface area (Å²) in [7, 11) is 0. The van der Waals surface area contributed by atoms with Crippen LogP contribution in [0.4, 0.5) is 0 Å². The molecule has 2 aliphatic heterocycles. The van der Waals surface area contributed by atoms with E-state index < -0.39 is 0 Å². The average Bonchev–Trinajstić information content (AvgIpc) is 3.28. The fourth-order valence-corrected chi connectivity index (χ4v) is 5.05. The number of carbonyl (C=O) groups excluding carboxylic acids is 2. The summed E-state index contributed by atoms with van der Waals surface area (Å²) in [6, 6.07) is 14.1. The second kappa shape index (κ2) is 9.23. The van der Waals surface area contributed by atoms with E-state index in [0.29, 0.717) is 6.54 Å². The van der Waals surface area contributed by atoms with Crippen LogP contribution in [-0.2, 0) is 16.0 Å². The standard InChI is InChI=1S/C26H33N3O2/c1-18-10-11-22(19(2)16-18)20(3)27-24(30)17-29-15-12-21-8-4-5-9-23(21)25(29)26(31)28-13-6-7-14-28/h4-5,8-11,16,20,25H,6-7,12-15,17H2,1-3H3,(H,27,30)/t20-,25-/m0/s1. The van der Waals surface area contributed by atoms with Gasteiger partial charge in [0, 0.05) is 19.6 Å². The fraction of sp³-hybridized carbons (Fsp3) is 0.462. The van der Waals surface area contributed by atoms with Crippen molar-refractivity contribution in [1.82, 2.24) is 15.1 Å². The number of carbonyl (C=O) groups is 2. The lowest BCUT2D eigenvalue weighted by atomic mass is 9.91. The van der Waals surface area contributed by atoms with Crippen molar-refractivity contribution >= 4 is 11.8 Å². The Labute approximate surface area is 185 Å². The van der Waals surface area contributed by atoms with E-state index in [4.69, 9.17) is 0 Å². The van der Waals surface area contributed by atoms with Crippen molar-refractivity contribution in [3.05, 3.63) is 70.3 Å². The molecular formula is C26H33N3O2. The zero-order valence-electron chi connectivity index (χ0n) is 18.9. The molecule has 0 aliphatic carbocycles. The SMILES string of the molecule is Cc1ccc([C@H](C)NC(=O)CN2CCc3ccccc3[C@H]2C(=O)N2CCCC2)c(C)c1. The Hall–Kier alpha value is -2.66. The summed E-state index contributed by atoms with van der Waals surface area (Å²) in [5, 5.41) is 3.15. The van der Waals surface area contributed by atoms with Crippen molar-refractivity contribution in [2.45, 2.75) is 52.1 Å². The van der Waals surface area contributed by atoms with Gasteiger partial charge in [-0.25, -0.2) is 0 Å². The van der Waals surface area contributed by atoms with Crippen LogP contribution in [0.1, 0.15) is 59.7 Å². The molecule has 2 aliphatic rings. The molecule has 1 saturated heterocycles. The number of nitrogens with zero attached hydrogens (tertiary/aromatic N) is 2. The molecule has 2 atom stereocenters. The van der Waals surface area contributed by atoms with Gasteiger partial charge in [0.1, 0.15) is 6.04 Å². The predicted molar refractivity (Wildman–Crippen MR) is 123 cm³/mol. The minimum absolute atomic E-state index is 0.0360. The Morgan fingerprint density at radius 3 is 2.55 bits per heavy atom. The Balaban J connectivity index is 1.50. The van der Waals surface area contributed by atoms with Crippen LogP contribution in [0.2, 0.25) is 0 Å². The lowest BCUT2D eigenvalue weighted by Crippen LogP contribution is -2.49. The molecular weight excluding hydrogens is 386 g/mol. The van der Waals surface area contributed by atoms with Crippen LogP contribution in [-0.4, -0.2) is 47.8 Å². The van der Waals surface area contributed by atoms with E-state index in [1.807, 2.05) is 24.0 Å². The molecule has 4 rings (SSSR count). The van der Waals surface area contributed by atoms with Crippen molar-refractivity contribution in [1.29, 1.82) is 0 Å². The fourth-order valence-electron chi connectivity index (χ4n) is 5.05. The van der Waals surface area contributed by atoms with Crippen LogP contribution in [0.3, 0.4) is 0 Å². The lowest BCUT2D eigenvalue weighted by Gasteiger charge is -2.38. The molecule has 2 aromatic carbocycles. The van der Waals surface area contributed by atoms with Crippen LogP contribution in [0, 0.1) is 13.8 Å². The first-order chi connectivity index (χ1) is 14.9. The number of hydrogen-bond donors (Lipinski definition) is 1. The third-order valence-electron chi connectivity index (χ3n) is 6.65. The van der Waals surface area contributed by atoms with Crippen LogP contribution in [0.5, 0.6) is 0 Å². The molecule has 2 aromatic rings. The maximum absolute atomic E-state index is 13.4. The third-order valence-corrected chi connectivity index (χ3v) is 6.65. The van der Waals surface area contributed by atoms with Crippen LogP contribution >= 0.6 is 0 Å². The van der Waals surface area contributed by atoms with E-state index in [1.54, 1.807) is 0 Å². The zero-order chi connectivity index (χ0) is 22.0. The van der Waals surface area contributed by atoms with E-state index in [1.165, 1.54) is 16.7 Å². The van der Waals surface area contributed by atoms with Crippen LogP contribution in [0.15, 0.2) is 42.5 Å². The Morgan fingerprint density at radius 1 is 1.06 bits per heavy atom. The van der Waals surface area contributed by atoms with Gasteiger partial charge in [0.05, 0.1) is 12.6 Å². The van der Waals surface area contributed by atoms with Gasteiger partial charge in [0.2, 0.25) is 11.8 Å². The normalized spacial score (nSPS) is 19.7. The molecule has 1 fully saturated rings. The molecule has 164 valence electrons. The number of benzene rings is 2. The van der Waals surface area contributed by atoms with Crippen molar-refractivity contribution in [2.24, 2.45) is 0 Å². The summed E-state index contributed by atoms with van der Waals surface area (Å²) in [6.45, 7) is 8.76. The molecule has 1 N–H and O–H groups in total. The van der Waals surface area contributed by atoms with Gasteiger partial charge in [-0.2, -0.15) is 0 Å². The van der Waals surface area contributed by atoms with Crippen LogP contribution in [0.25, 0.3) is 0 Å². The Kier molecular flexibility index (Phi) is 6.42. The number of likely N-dealkylation sites (tertiary alicyclic amines) is 1. The van der Waals surface area contributed by atoms with E-state index in [-0.39, 0.29) is 30.4 Å². The van der Waals surface area contributed by atoms with E-state index in [9.17, 15) is 9.59 Å². The topological polar surface area (TPSA) is 52.7 Å². The van der Waals surface area contributed by atoms with Gasteiger partial charge >= 0.3 is 0 Å². The first-order valence-electron chi connectivity index (χ1n) is 11.4. The van der Waals surface area contributed by atoms with Gasteiger partial charge < -0.3 is 10.2 Å². The molecule has 31 heavy (non-hydrogen) atoms. The van der Waals surface area contributed by atoms with E-state index in [2.05, 4.69) is 54.4 Å². The average molecular weight is 420 g/mol. The van der Waals surface area contributed by atoms with Crippen molar-refractivity contribution in [3.63, 3.8) is 0 Å². The number of rotatable bonds is 5. The van der Waals surface area contributed by atoms with Gasteiger partial charge in [-0.05, 0) is 62.3 Å². The summed E-state index contributed by atoms with van der Waals surface area (Å²) in [5.74, 6) is 0.103. The van der Waals surface area contributed by atoms with Gasteiger partial charge in [0.25, 0.3) is 0 Å². The largest absolute Gasteiger partial charge is 0.348 e. The van der Waals surface area contributed by atoms with Gasteiger partial charge in [-0.15, -0.1) is 0 Å². The Bertz CT molecular complexity index is 965. The smallest absolute Gasteiger partial charge is 0.244 e. The van der Waals surface area contributed by atoms with Crippen molar-refractivity contribution < 1.29 is 9.59 Å². The summed E-state index contributed by atoms with van der Waals surface area (Å²) < 4.78 is 0. The predicted octanol–water partition coefficient (Wildman–Crippen LogP) is 3.70. The minimum atomic E-state index is -0.370. The first kappa shape index (κ1) is 21.6. The molecule has 0 aromatic heterocycles. The highest BCUT2D eigenvalue weighted by Gasteiger charge is 2.37. The van der Waals surface area contributed by atoms with Crippen LogP contribution < -0.4 is 5.32 Å². The van der Waals surface area contributed by atoms with Gasteiger partial charge in [-0.1, -0.05) is 48.0 Å². The quantitative estimate of drug-likeness (QED) is 0.804. The van der Waals surface area contributed by atoms with Crippen molar-refractivity contribution in [3.8, 4) is 0 Å². The number of amides is 2. The number of fused-ring (bicyclic) bond motifs is 1. The summed E-state index contributed by atoms with van der Waals surface area (Å²) in [5.41, 5.74) is 5.81. The molecule has 2 heterocycles. The number of nitrogens with one attached hydrogen (secondary N) is 1. The summed E-state index contributed by atoms with van der Waals surface area (Å²) in [4.78, 5) is 30.5. The van der Waals surface area contributed by atoms with Gasteiger partial charge in [-0.3, -0.25) is 14.5 Å². The molecule has 0 spiro atoms. The molecule has 0 saturated carbocycles. The highest BCUT2D eigenvalue weighted by molar-refractivity contribution is 5.86. The summed E-state index contributed by atoms with van der Waals surface area (Å²) in [6.07, 6.45) is 2.99. The van der Waals surface area contributed by atoms with Crippen molar-refractivity contribution in [2.75, 3.05) is 26.2 Å². The Morgan fingerprint density at radius 2 is 1.81 bits per heavy atom. The second-order valence-corrected chi connectivity index (χ2v) is 9.00. The molecule has 0 radical (unpaired) electrons. The minimum Gasteiger partial charge on any atom is -0.348 e. The second-order valence-electron chi connectivity index (χ2n) is 9.00. The van der Waals surface area contributed by atoms with E-state index in [0.717, 1.165) is 43.5 Å². The molecule has 0 bridgehead atoms. The zero-order valence-corrected chi connectivity index (χ0v) is 18.9. The molecule has 0 unspecified atom stereocenters. The number of aryl methyl sites for hydroxylation is 2. The van der Waals surface area contributed by atoms with Gasteiger partial charge in [0.15, 0.2) is 0 Å². The maximum Gasteiger partial charge on any atom is 0.244 e. The monoisotopic (exact) mass is 419 g/mol. The maximum atomic E-state index is 13.4. The first-order valence-corrected chi connectivity index (χ1v) is 11.4.